The third kappa shape index (κ3) is 4.39. The minimum Gasteiger partial charge on any atom is -0.440 e. The molecular formula is C23H28BrN2O2S+. The van der Waals surface area contributed by atoms with Gasteiger partial charge in [0.2, 0.25) is 0 Å². The minimum absolute atomic E-state index is 0.0602. The first-order valence-corrected chi connectivity index (χ1v) is 12.4. The third-order valence-electron chi connectivity index (χ3n) is 6.86. The van der Waals surface area contributed by atoms with E-state index in [9.17, 15) is 4.79 Å². The number of quaternary nitrogens is 1. The SMILES string of the molecule is O=C(O[C@H]1C[N+]2(CC3CC3)CCC1CC2)N(Cc1cc(Br)cs1)c1ccccc1. The Morgan fingerprint density at radius 3 is 2.59 bits per heavy atom. The number of nitrogens with zero attached hydrogens (tertiary/aromatic N) is 2. The van der Waals surface area contributed by atoms with E-state index in [0.29, 0.717) is 12.5 Å². The average Bonchev–Trinajstić information content (AvgIpc) is 3.44. The number of fused-ring (bicyclic) bond motifs is 3. The molecule has 6 rings (SSSR count). The predicted molar refractivity (Wildman–Crippen MR) is 120 cm³/mol. The first kappa shape index (κ1) is 19.6. The molecule has 0 N–H and O–H groups in total. The van der Waals surface area contributed by atoms with Crippen molar-refractivity contribution in [3.05, 3.63) is 51.1 Å². The van der Waals surface area contributed by atoms with E-state index < -0.39 is 0 Å². The highest BCUT2D eigenvalue weighted by atomic mass is 79.9. The second kappa shape index (κ2) is 8.05. The predicted octanol–water partition coefficient (Wildman–Crippen LogP) is 5.67. The van der Waals surface area contributed by atoms with Crippen LogP contribution in [0.4, 0.5) is 10.5 Å². The fourth-order valence-corrected chi connectivity index (χ4v) is 6.55. The maximum atomic E-state index is 13.3. The van der Waals surface area contributed by atoms with Crippen LogP contribution in [0.25, 0.3) is 0 Å². The molecule has 2 bridgehead atoms. The minimum atomic E-state index is -0.205. The largest absolute Gasteiger partial charge is 0.440 e. The molecule has 1 saturated carbocycles. The second-order valence-electron chi connectivity index (χ2n) is 9.01. The van der Waals surface area contributed by atoms with Crippen LogP contribution < -0.4 is 4.90 Å². The number of para-hydroxylation sites is 1. The van der Waals surface area contributed by atoms with E-state index in [-0.39, 0.29) is 12.2 Å². The number of hydrogen-bond donors (Lipinski definition) is 0. The van der Waals surface area contributed by atoms with Gasteiger partial charge in [0.1, 0.15) is 6.54 Å². The number of benzene rings is 1. The van der Waals surface area contributed by atoms with Crippen LogP contribution in [-0.2, 0) is 11.3 Å². The lowest BCUT2D eigenvalue weighted by atomic mass is 9.83. The third-order valence-corrected chi connectivity index (χ3v) is 8.54. The molecule has 1 aromatic heterocycles. The van der Waals surface area contributed by atoms with E-state index in [4.69, 9.17) is 4.74 Å². The number of amides is 1. The molecule has 4 aliphatic rings. The molecule has 154 valence electrons. The number of hydrogen-bond acceptors (Lipinski definition) is 3. The van der Waals surface area contributed by atoms with Crippen molar-refractivity contribution in [3.63, 3.8) is 0 Å². The van der Waals surface area contributed by atoms with Crippen molar-refractivity contribution in [2.24, 2.45) is 11.8 Å². The Morgan fingerprint density at radius 2 is 1.93 bits per heavy atom. The molecule has 3 saturated heterocycles. The lowest BCUT2D eigenvalue weighted by Gasteiger charge is -2.52. The summed E-state index contributed by atoms with van der Waals surface area (Å²) < 4.78 is 8.45. The van der Waals surface area contributed by atoms with Crippen LogP contribution in [0.3, 0.4) is 0 Å². The van der Waals surface area contributed by atoms with Crippen LogP contribution in [0, 0.1) is 11.8 Å². The van der Waals surface area contributed by atoms with Gasteiger partial charge in [-0.25, -0.2) is 4.79 Å². The first-order chi connectivity index (χ1) is 14.1. The van der Waals surface area contributed by atoms with Crippen LogP contribution in [0.2, 0.25) is 0 Å². The molecule has 29 heavy (non-hydrogen) atoms. The van der Waals surface area contributed by atoms with E-state index >= 15 is 0 Å². The van der Waals surface area contributed by atoms with Gasteiger partial charge >= 0.3 is 6.09 Å². The number of halogens is 1. The fourth-order valence-electron chi connectivity index (χ4n) is 5.11. The lowest BCUT2D eigenvalue weighted by Crippen LogP contribution is -2.65. The Hall–Kier alpha value is -1.37. The number of carbonyl (C=O) groups excluding carboxylic acids is 1. The summed E-state index contributed by atoms with van der Waals surface area (Å²) in [5.74, 6) is 1.45. The molecule has 1 aromatic carbocycles. The van der Waals surface area contributed by atoms with Crippen molar-refractivity contribution >= 4 is 39.0 Å². The van der Waals surface area contributed by atoms with Crippen molar-refractivity contribution in [1.29, 1.82) is 0 Å². The molecule has 0 spiro atoms. The fraction of sp³-hybridized carbons (Fsp3) is 0.522. The van der Waals surface area contributed by atoms with Gasteiger partial charge < -0.3 is 9.22 Å². The highest BCUT2D eigenvalue weighted by molar-refractivity contribution is 9.10. The van der Waals surface area contributed by atoms with Gasteiger partial charge in [-0.15, -0.1) is 11.3 Å². The number of ether oxygens (including phenoxy) is 1. The van der Waals surface area contributed by atoms with Crippen LogP contribution in [0.1, 0.15) is 30.6 Å². The van der Waals surface area contributed by atoms with E-state index in [1.807, 2.05) is 30.3 Å². The molecule has 4 nitrogen and oxygen atoms in total. The van der Waals surface area contributed by atoms with Gasteiger partial charge in [0.25, 0.3) is 0 Å². The summed E-state index contributed by atoms with van der Waals surface area (Å²) in [7, 11) is 0. The van der Waals surface area contributed by atoms with Crippen molar-refractivity contribution in [2.45, 2.75) is 38.3 Å². The quantitative estimate of drug-likeness (QED) is 0.503. The lowest BCUT2D eigenvalue weighted by molar-refractivity contribution is -0.947. The van der Waals surface area contributed by atoms with Gasteiger partial charge in [-0.05, 0) is 47.0 Å². The Labute approximate surface area is 185 Å². The summed E-state index contributed by atoms with van der Waals surface area (Å²) in [5, 5.41) is 2.06. The standard InChI is InChI=1S/C23H28BrN2O2S/c24-19-12-21(29-16-19)13-25(20-4-2-1-3-5-20)23(27)28-22-15-26(14-17-6-7-17)10-8-18(22)9-11-26/h1-5,12,16-18,22H,6-11,13-15H2/q+1/t18?,22-,26?/m0/s1. The normalized spacial score (nSPS) is 28.3. The first-order valence-electron chi connectivity index (χ1n) is 10.7. The van der Waals surface area contributed by atoms with Gasteiger partial charge in [0, 0.05) is 45.1 Å². The molecule has 4 fully saturated rings. The maximum absolute atomic E-state index is 13.3. The zero-order valence-corrected chi connectivity index (χ0v) is 19.0. The summed E-state index contributed by atoms with van der Waals surface area (Å²) in [6.07, 6.45) is 5.05. The number of piperidine rings is 3. The topological polar surface area (TPSA) is 29.5 Å². The van der Waals surface area contributed by atoms with E-state index in [1.165, 1.54) is 49.8 Å². The van der Waals surface area contributed by atoms with Gasteiger partial charge in [0.15, 0.2) is 6.10 Å². The van der Waals surface area contributed by atoms with Crippen molar-refractivity contribution in [1.82, 2.24) is 0 Å². The van der Waals surface area contributed by atoms with Crippen LogP contribution >= 0.6 is 27.3 Å². The molecular weight excluding hydrogens is 448 g/mol. The van der Waals surface area contributed by atoms with Gasteiger partial charge in [-0.3, -0.25) is 4.90 Å². The monoisotopic (exact) mass is 475 g/mol. The van der Waals surface area contributed by atoms with E-state index in [1.54, 1.807) is 16.2 Å². The highest BCUT2D eigenvalue weighted by Gasteiger charge is 2.49. The van der Waals surface area contributed by atoms with Crippen LogP contribution in [-0.4, -0.2) is 42.9 Å². The molecule has 1 amide bonds. The smallest absolute Gasteiger partial charge is 0.415 e. The molecule has 6 heteroatoms. The van der Waals surface area contributed by atoms with Crippen molar-refractivity contribution in [2.75, 3.05) is 31.1 Å². The van der Waals surface area contributed by atoms with Gasteiger partial charge in [-0.1, -0.05) is 18.2 Å². The highest BCUT2D eigenvalue weighted by Crippen LogP contribution is 2.41. The molecule has 2 aromatic rings. The Kier molecular flexibility index (Phi) is 5.43. The molecule has 1 aliphatic carbocycles. The van der Waals surface area contributed by atoms with Crippen molar-refractivity contribution in [3.8, 4) is 0 Å². The molecule has 0 radical (unpaired) electrons. The number of anilines is 1. The van der Waals surface area contributed by atoms with Crippen LogP contribution in [0.15, 0.2) is 46.3 Å². The average molecular weight is 476 g/mol. The summed E-state index contributed by atoms with van der Waals surface area (Å²) >= 11 is 5.18. The Balaban J connectivity index is 1.32. The number of thiophene rings is 1. The summed E-state index contributed by atoms with van der Waals surface area (Å²) in [4.78, 5) is 16.3. The maximum Gasteiger partial charge on any atom is 0.415 e. The number of rotatable bonds is 6. The number of carbonyl (C=O) groups is 1. The van der Waals surface area contributed by atoms with Crippen LogP contribution in [0.5, 0.6) is 0 Å². The molecule has 3 aliphatic heterocycles. The summed E-state index contributed by atoms with van der Waals surface area (Å²) in [5.41, 5.74) is 0.894. The van der Waals surface area contributed by atoms with E-state index in [0.717, 1.165) is 27.5 Å². The zero-order chi connectivity index (χ0) is 19.8. The van der Waals surface area contributed by atoms with Gasteiger partial charge in [-0.2, -0.15) is 0 Å². The summed E-state index contributed by atoms with van der Waals surface area (Å²) in [6, 6.07) is 12.0. The second-order valence-corrected chi connectivity index (χ2v) is 10.9. The summed E-state index contributed by atoms with van der Waals surface area (Å²) in [6.45, 7) is 5.41. The van der Waals surface area contributed by atoms with E-state index in [2.05, 4.69) is 27.4 Å². The Morgan fingerprint density at radius 1 is 1.17 bits per heavy atom. The molecule has 4 heterocycles. The zero-order valence-electron chi connectivity index (χ0n) is 16.6. The molecule has 1 atom stereocenters. The Bertz CT molecular complexity index is 859. The van der Waals surface area contributed by atoms with Gasteiger partial charge in [0.05, 0.1) is 26.2 Å². The van der Waals surface area contributed by atoms with Crippen molar-refractivity contribution < 1.29 is 14.0 Å². The molecule has 0 unspecified atom stereocenters.